The van der Waals surface area contributed by atoms with Crippen molar-refractivity contribution in [3.05, 3.63) is 36.7 Å². The van der Waals surface area contributed by atoms with Crippen LogP contribution in [-0.2, 0) is 6.54 Å². The molecule has 0 unspecified atom stereocenters. The summed E-state index contributed by atoms with van der Waals surface area (Å²) >= 11 is 0. The van der Waals surface area contributed by atoms with Gasteiger partial charge in [-0.15, -0.1) is 0 Å². The van der Waals surface area contributed by atoms with Gasteiger partial charge in [0.15, 0.2) is 12.4 Å². The van der Waals surface area contributed by atoms with Crippen LogP contribution in [-0.4, -0.2) is 5.11 Å². The molecule has 0 aliphatic carbocycles. The maximum Gasteiger partial charge on any atom is 0.176 e. The first-order chi connectivity index (χ1) is 11.3. The monoisotopic (exact) mass is 393 g/mol. The minimum absolute atomic E-state index is 0. The fraction of sp³-hybridized carbons (Fsp3) is 0.571. The number of benzene rings is 1. The molecule has 0 aliphatic rings. The number of halogens is 1. The van der Waals surface area contributed by atoms with Gasteiger partial charge in [0, 0.05) is 23.3 Å². The van der Waals surface area contributed by atoms with Crippen LogP contribution in [0.3, 0.4) is 0 Å². The molecular weight excluding hydrogens is 362 g/mol. The van der Waals surface area contributed by atoms with Gasteiger partial charge in [0.25, 0.3) is 0 Å². The van der Waals surface area contributed by atoms with Gasteiger partial charge in [0.05, 0.1) is 0 Å². The Labute approximate surface area is 157 Å². The number of hydrogen-bond acceptors (Lipinski definition) is 1. The van der Waals surface area contributed by atoms with Gasteiger partial charge in [0.1, 0.15) is 12.3 Å². The minimum atomic E-state index is 0. The molecular formula is C21H32BrNO. The molecule has 0 aliphatic heterocycles. The van der Waals surface area contributed by atoms with E-state index < -0.39 is 0 Å². The molecule has 0 saturated carbocycles. The molecule has 0 radical (unpaired) electrons. The van der Waals surface area contributed by atoms with E-state index >= 15 is 0 Å². The molecule has 2 nitrogen and oxygen atoms in total. The van der Waals surface area contributed by atoms with Crippen LogP contribution in [0.15, 0.2) is 36.7 Å². The summed E-state index contributed by atoms with van der Waals surface area (Å²) in [6, 6.07) is 7.72. The van der Waals surface area contributed by atoms with Crippen molar-refractivity contribution in [3.63, 3.8) is 0 Å². The van der Waals surface area contributed by atoms with Crippen LogP contribution in [0, 0.1) is 0 Å². The van der Waals surface area contributed by atoms with Crippen molar-refractivity contribution < 1.29 is 26.7 Å². The van der Waals surface area contributed by atoms with Crippen molar-refractivity contribution in [2.45, 2.75) is 77.7 Å². The molecule has 2 aromatic rings. The topological polar surface area (TPSA) is 24.1 Å². The first-order valence-electron chi connectivity index (χ1n) is 9.42. The zero-order valence-corrected chi connectivity index (χ0v) is 16.6. The standard InChI is InChI=1S/C21H31NO.BrH/c1-2-3-4-5-6-7-8-9-10-11-16-22-17-15-20-19(18-22)13-12-14-21(20)23;/h12-15,17-18H,2-11,16H2,1H3;1H. The van der Waals surface area contributed by atoms with Crippen molar-refractivity contribution in [3.8, 4) is 5.75 Å². The summed E-state index contributed by atoms with van der Waals surface area (Å²) in [6.45, 7) is 3.35. The Morgan fingerprint density at radius 2 is 1.46 bits per heavy atom. The van der Waals surface area contributed by atoms with Gasteiger partial charge in [-0.1, -0.05) is 64.4 Å². The van der Waals surface area contributed by atoms with Gasteiger partial charge in [-0.05, 0) is 18.6 Å². The van der Waals surface area contributed by atoms with E-state index in [1.807, 2.05) is 12.1 Å². The lowest BCUT2D eigenvalue weighted by atomic mass is 10.1. The number of fused-ring (bicyclic) bond motifs is 1. The molecule has 0 atom stereocenters. The second-order valence-corrected chi connectivity index (χ2v) is 6.64. The van der Waals surface area contributed by atoms with E-state index in [0.717, 1.165) is 17.3 Å². The molecule has 0 spiro atoms. The Hall–Kier alpha value is -1.09. The molecule has 134 valence electrons. The average Bonchev–Trinajstić information content (AvgIpc) is 2.57. The number of unbranched alkanes of at least 4 members (excludes halogenated alkanes) is 9. The summed E-state index contributed by atoms with van der Waals surface area (Å²) in [5.41, 5.74) is 0. The van der Waals surface area contributed by atoms with Crippen molar-refractivity contribution in [1.29, 1.82) is 0 Å². The summed E-state index contributed by atoms with van der Waals surface area (Å²) in [6.07, 6.45) is 18.0. The summed E-state index contributed by atoms with van der Waals surface area (Å²) in [5, 5.41) is 11.9. The summed E-state index contributed by atoms with van der Waals surface area (Å²) in [5.74, 6) is 0.369. The third-order valence-corrected chi connectivity index (χ3v) is 4.62. The maximum absolute atomic E-state index is 9.82. The van der Waals surface area contributed by atoms with Crippen LogP contribution in [0.5, 0.6) is 5.75 Å². The lowest BCUT2D eigenvalue weighted by Crippen LogP contribution is -3.00. The number of aromatic nitrogens is 1. The van der Waals surface area contributed by atoms with Gasteiger partial charge in [0.2, 0.25) is 0 Å². The number of nitrogens with zero attached hydrogens (tertiary/aromatic N) is 1. The van der Waals surface area contributed by atoms with Crippen LogP contribution in [0.1, 0.15) is 71.1 Å². The summed E-state index contributed by atoms with van der Waals surface area (Å²) in [7, 11) is 0. The SMILES string of the molecule is CCCCCCCCCCCC[n+]1ccc2c(O)cccc2c1.[Br-]. The normalized spacial score (nSPS) is 10.7. The molecule has 3 heteroatoms. The van der Waals surface area contributed by atoms with Gasteiger partial charge < -0.3 is 22.1 Å². The van der Waals surface area contributed by atoms with E-state index in [2.05, 4.69) is 30.0 Å². The van der Waals surface area contributed by atoms with Crippen molar-refractivity contribution in [2.75, 3.05) is 0 Å². The first-order valence-corrected chi connectivity index (χ1v) is 9.42. The summed E-state index contributed by atoms with van der Waals surface area (Å²) in [4.78, 5) is 0. The number of rotatable bonds is 11. The average molecular weight is 394 g/mol. The largest absolute Gasteiger partial charge is 1.00 e. The van der Waals surface area contributed by atoms with Crippen molar-refractivity contribution in [2.24, 2.45) is 0 Å². The Bertz CT molecular complexity index is 585. The summed E-state index contributed by atoms with van der Waals surface area (Å²) < 4.78 is 2.24. The molecule has 1 aromatic carbocycles. The van der Waals surface area contributed by atoms with Crippen LogP contribution in [0.25, 0.3) is 10.8 Å². The van der Waals surface area contributed by atoms with E-state index in [-0.39, 0.29) is 17.0 Å². The molecule has 1 N–H and O–H groups in total. The van der Waals surface area contributed by atoms with E-state index in [9.17, 15) is 5.11 Å². The predicted octanol–water partition coefficient (Wildman–Crippen LogP) is 2.76. The lowest BCUT2D eigenvalue weighted by molar-refractivity contribution is -0.696. The molecule has 0 bridgehead atoms. The minimum Gasteiger partial charge on any atom is -1.00 e. The molecule has 0 fully saturated rings. The molecule has 0 amide bonds. The number of aryl methyl sites for hydroxylation is 1. The van der Waals surface area contributed by atoms with Crippen LogP contribution >= 0.6 is 0 Å². The fourth-order valence-corrected chi connectivity index (χ4v) is 3.18. The van der Waals surface area contributed by atoms with E-state index in [4.69, 9.17) is 0 Å². The van der Waals surface area contributed by atoms with Crippen LogP contribution in [0.2, 0.25) is 0 Å². The van der Waals surface area contributed by atoms with Gasteiger partial charge >= 0.3 is 0 Å². The third-order valence-electron chi connectivity index (χ3n) is 4.62. The van der Waals surface area contributed by atoms with Gasteiger partial charge in [-0.2, -0.15) is 0 Å². The zero-order chi connectivity index (χ0) is 16.3. The van der Waals surface area contributed by atoms with Gasteiger partial charge in [-0.25, -0.2) is 4.57 Å². The Morgan fingerprint density at radius 1 is 0.833 bits per heavy atom. The molecule has 1 heterocycles. The highest BCUT2D eigenvalue weighted by Crippen LogP contribution is 2.22. The van der Waals surface area contributed by atoms with Crippen molar-refractivity contribution >= 4 is 10.8 Å². The fourth-order valence-electron chi connectivity index (χ4n) is 3.18. The Kier molecular flexibility index (Phi) is 10.7. The second-order valence-electron chi connectivity index (χ2n) is 6.64. The van der Waals surface area contributed by atoms with Crippen LogP contribution in [0.4, 0.5) is 0 Å². The number of aromatic hydroxyl groups is 1. The smallest absolute Gasteiger partial charge is 0.176 e. The Balaban J connectivity index is 0.00000288. The lowest BCUT2D eigenvalue weighted by Gasteiger charge is -2.02. The molecule has 1 aromatic heterocycles. The highest BCUT2D eigenvalue weighted by Gasteiger charge is 2.05. The van der Waals surface area contributed by atoms with Gasteiger partial charge in [-0.3, -0.25) is 0 Å². The Morgan fingerprint density at radius 3 is 2.12 bits per heavy atom. The maximum atomic E-state index is 9.82. The number of phenols is 1. The predicted molar refractivity (Wildman–Crippen MR) is 97.7 cm³/mol. The number of pyridine rings is 1. The second kappa shape index (κ2) is 12.3. The first kappa shape index (κ1) is 21.0. The van der Waals surface area contributed by atoms with Crippen molar-refractivity contribution in [1.82, 2.24) is 0 Å². The highest BCUT2D eigenvalue weighted by atomic mass is 79.9. The zero-order valence-electron chi connectivity index (χ0n) is 15.0. The quantitative estimate of drug-likeness (QED) is 0.460. The van der Waals surface area contributed by atoms with E-state index in [1.165, 1.54) is 64.2 Å². The molecule has 2 rings (SSSR count). The van der Waals surface area contributed by atoms with E-state index in [1.54, 1.807) is 6.07 Å². The number of phenolic OH excluding ortho intramolecular Hbond substituents is 1. The van der Waals surface area contributed by atoms with Crippen LogP contribution < -0.4 is 21.5 Å². The van der Waals surface area contributed by atoms with E-state index in [0.29, 0.717) is 5.75 Å². The highest BCUT2D eigenvalue weighted by molar-refractivity contribution is 5.86. The third kappa shape index (κ3) is 7.21. The molecule has 24 heavy (non-hydrogen) atoms. The number of hydrogen-bond donors (Lipinski definition) is 1. The molecule has 0 saturated heterocycles.